The van der Waals surface area contributed by atoms with Crippen molar-refractivity contribution < 1.29 is 9.47 Å². The molecule has 1 aliphatic heterocycles. The van der Waals surface area contributed by atoms with Crippen LogP contribution in [0.25, 0.3) is 27.4 Å². The second-order valence-corrected chi connectivity index (χ2v) is 6.84. The van der Waals surface area contributed by atoms with Gasteiger partial charge in [0.2, 0.25) is 0 Å². The highest BCUT2D eigenvalue weighted by molar-refractivity contribution is 6.09. The van der Waals surface area contributed by atoms with Gasteiger partial charge in [0.15, 0.2) is 6.29 Å². The topological polar surface area (TPSA) is 56.2 Å². The summed E-state index contributed by atoms with van der Waals surface area (Å²) in [6.07, 6.45) is 2.78. The Morgan fingerprint density at radius 3 is 2.52 bits per heavy atom. The summed E-state index contributed by atoms with van der Waals surface area (Å²) < 4.78 is 13.7. The van der Waals surface area contributed by atoms with Crippen LogP contribution in [0.2, 0.25) is 0 Å². The Bertz CT molecular complexity index is 1150. The molecule has 1 atom stereocenters. The lowest BCUT2D eigenvalue weighted by molar-refractivity contribution is -0.105. The first-order chi connectivity index (χ1) is 13.3. The van der Waals surface area contributed by atoms with Gasteiger partial charge in [0.05, 0.1) is 23.2 Å². The third-order valence-corrected chi connectivity index (χ3v) is 5.07. The van der Waals surface area contributed by atoms with Crippen molar-refractivity contribution in [1.82, 2.24) is 9.78 Å². The molecule has 1 aliphatic rings. The summed E-state index contributed by atoms with van der Waals surface area (Å²) in [6.45, 7) is 0.718. The largest absolute Gasteiger partial charge is 0.464 e. The van der Waals surface area contributed by atoms with Crippen LogP contribution in [0.3, 0.4) is 0 Å². The lowest BCUT2D eigenvalue weighted by Gasteiger charge is -2.24. The summed E-state index contributed by atoms with van der Waals surface area (Å²) >= 11 is 0. The van der Waals surface area contributed by atoms with Gasteiger partial charge in [0.25, 0.3) is 5.56 Å². The first-order valence-electron chi connectivity index (χ1n) is 9.31. The maximum absolute atomic E-state index is 12.7. The summed E-state index contributed by atoms with van der Waals surface area (Å²) in [6, 6.07) is 19.7. The maximum Gasteiger partial charge on any atom is 0.272 e. The molecule has 0 aliphatic carbocycles. The van der Waals surface area contributed by atoms with Crippen molar-refractivity contribution >= 4 is 21.7 Å². The van der Waals surface area contributed by atoms with E-state index in [2.05, 4.69) is 5.10 Å². The van der Waals surface area contributed by atoms with Crippen LogP contribution in [0, 0.1) is 0 Å². The first kappa shape index (κ1) is 16.1. The van der Waals surface area contributed by atoms with Crippen LogP contribution in [0.15, 0.2) is 65.5 Å². The molecule has 0 saturated carbocycles. The summed E-state index contributed by atoms with van der Waals surface area (Å²) in [4.78, 5) is 12.7. The van der Waals surface area contributed by atoms with Crippen molar-refractivity contribution in [3.05, 3.63) is 71.0 Å². The third kappa shape index (κ3) is 2.80. The Hall–Kier alpha value is -3.05. The number of rotatable bonds is 3. The van der Waals surface area contributed by atoms with Gasteiger partial charge in [0, 0.05) is 17.2 Å². The van der Waals surface area contributed by atoms with Crippen molar-refractivity contribution in [3.63, 3.8) is 0 Å². The lowest BCUT2D eigenvalue weighted by atomic mass is 10.1. The highest BCUT2D eigenvalue weighted by Crippen LogP contribution is 2.34. The Labute approximate surface area is 156 Å². The molecule has 136 valence electrons. The molecule has 4 aromatic rings. The van der Waals surface area contributed by atoms with Crippen LogP contribution in [0.1, 0.15) is 19.3 Å². The fourth-order valence-electron chi connectivity index (χ4n) is 3.77. The van der Waals surface area contributed by atoms with Crippen molar-refractivity contribution in [2.45, 2.75) is 25.6 Å². The van der Waals surface area contributed by atoms with Crippen LogP contribution in [0.4, 0.5) is 0 Å². The third-order valence-electron chi connectivity index (χ3n) is 5.07. The minimum absolute atomic E-state index is 0.131. The fraction of sp³-hybridized carbons (Fsp3) is 0.227. The Kier molecular flexibility index (Phi) is 3.94. The fourth-order valence-corrected chi connectivity index (χ4v) is 3.77. The molecule has 1 unspecified atom stereocenters. The maximum atomic E-state index is 12.7. The molecule has 5 nitrogen and oxygen atoms in total. The number of aromatic nitrogens is 2. The van der Waals surface area contributed by atoms with E-state index in [9.17, 15) is 4.79 Å². The molecule has 5 heteroatoms. The van der Waals surface area contributed by atoms with Crippen molar-refractivity contribution in [3.8, 4) is 11.4 Å². The number of aromatic amines is 1. The predicted octanol–water partition coefficient (Wildman–Crippen LogP) is 4.38. The van der Waals surface area contributed by atoms with Crippen molar-refractivity contribution in [1.29, 1.82) is 0 Å². The van der Waals surface area contributed by atoms with Gasteiger partial charge in [-0.25, -0.2) is 0 Å². The molecule has 0 radical (unpaired) electrons. The van der Waals surface area contributed by atoms with Gasteiger partial charge >= 0.3 is 0 Å². The van der Waals surface area contributed by atoms with E-state index < -0.39 is 0 Å². The number of hydrogen-bond donors (Lipinski definition) is 1. The van der Waals surface area contributed by atoms with Gasteiger partial charge < -0.3 is 9.47 Å². The van der Waals surface area contributed by atoms with E-state index in [0.29, 0.717) is 11.1 Å². The van der Waals surface area contributed by atoms with E-state index in [0.717, 1.165) is 47.8 Å². The monoisotopic (exact) mass is 360 g/mol. The molecular formula is C22H20N2O3. The van der Waals surface area contributed by atoms with Gasteiger partial charge in [-0.05, 0) is 31.0 Å². The molecule has 1 aromatic heterocycles. The Morgan fingerprint density at radius 2 is 1.74 bits per heavy atom. The van der Waals surface area contributed by atoms with Crippen LogP contribution >= 0.6 is 0 Å². The average molecular weight is 360 g/mol. The second kappa shape index (κ2) is 6.59. The van der Waals surface area contributed by atoms with Crippen LogP contribution in [-0.2, 0) is 4.74 Å². The number of ether oxygens (including phenoxy) is 2. The van der Waals surface area contributed by atoms with Crippen LogP contribution < -0.4 is 10.3 Å². The highest BCUT2D eigenvalue weighted by atomic mass is 16.7. The highest BCUT2D eigenvalue weighted by Gasteiger charge is 2.20. The van der Waals surface area contributed by atoms with E-state index in [1.54, 1.807) is 0 Å². The molecule has 5 rings (SSSR count). The van der Waals surface area contributed by atoms with Gasteiger partial charge in [-0.1, -0.05) is 42.5 Å². The first-order valence-corrected chi connectivity index (χ1v) is 9.31. The van der Waals surface area contributed by atoms with Gasteiger partial charge in [0.1, 0.15) is 5.75 Å². The molecule has 27 heavy (non-hydrogen) atoms. The van der Waals surface area contributed by atoms with E-state index >= 15 is 0 Å². The summed E-state index contributed by atoms with van der Waals surface area (Å²) in [5.74, 6) is 0.696. The minimum atomic E-state index is -0.255. The number of para-hydroxylation sites is 1. The van der Waals surface area contributed by atoms with Crippen LogP contribution in [-0.4, -0.2) is 22.7 Å². The summed E-state index contributed by atoms with van der Waals surface area (Å²) in [5.41, 5.74) is 1.65. The SMILES string of the molecule is O=c1[nH]n(-c2ccccc2)c2c1cc(OC1CCCCO1)c1ccccc12. The predicted molar refractivity (Wildman–Crippen MR) is 106 cm³/mol. The molecule has 0 bridgehead atoms. The zero-order valence-electron chi connectivity index (χ0n) is 14.9. The minimum Gasteiger partial charge on any atom is -0.464 e. The molecular weight excluding hydrogens is 340 g/mol. The van der Waals surface area contributed by atoms with E-state index in [4.69, 9.17) is 9.47 Å². The molecule has 0 amide bonds. The van der Waals surface area contributed by atoms with Crippen molar-refractivity contribution in [2.24, 2.45) is 0 Å². The summed E-state index contributed by atoms with van der Waals surface area (Å²) in [5, 5.41) is 5.53. The number of benzene rings is 3. The standard InChI is InChI=1S/C22H20N2O3/c25-22-18-14-19(27-20-12-6-7-13-26-20)16-10-4-5-11-17(16)21(18)24(23-22)15-8-2-1-3-9-15/h1-5,8-11,14,20H,6-7,12-13H2,(H,23,25). The van der Waals surface area contributed by atoms with Gasteiger partial charge in [-0.3, -0.25) is 14.6 Å². The Balaban J connectivity index is 1.74. The molecule has 1 saturated heterocycles. The zero-order valence-corrected chi connectivity index (χ0v) is 14.9. The number of fused-ring (bicyclic) bond motifs is 3. The van der Waals surface area contributed by atoms with Crippen molar-refractivity contribution in [2.75, 3.05) is 6.61 Å². The number of H-pyrrole nitrogens is 1. The Morgan fingerprint density at radius 1 is 0.963 bits per heavy atom. The summed E-state index contributed by atoms with van der Waals surface area (Å²) in [7, 11) is 0. The quantitative estimate of drug-likeness (QED) is 0.590. The zero-order chi connectivity index (χ0) is 18.2. The van der Waals surface area contributed by atoms with E-state index in [1.165, 1.54) is 0 Å². The number of nitrogens with zero attached hydrogens (tertiary/aromatic N) is 1. The number of nitrogens with one attached hydrogen (secondary N) is 1. The molecule has 1 N–H and O–H groups in total. The number of hydrogen-bond acceptors (Lipinski definition) is 3. The average Bonchev–Trinajstić information content (AvgIpc) is 3.06. The van der Waals surface area contributed by atoms with E-state index in [1.807, 2.05) is 65.3 Å². The molecule has 1 fully saturated rings. The second-order valence-electron chi connectivity index (χ2n) is 6.84. The molecule has 2 heterocycles. The molecule has 0 spiro atoms. The van der Waals surface area contributed by atoms with Gasteiger partial charge in [-0.2, -0.15) is 0 Å². The normalized spacial score (nSPS) is 17.4. The smallest absolute Gasteiger partial charge is 0.272 e. The van der Waals surface area contributed by atoms with Gasteiger partial charge in [-0.15, -0.1) is 0 Å². The van der Waals surface area contributed by atoms with Crippen LogP contribution in [0.5, 0.6) is 5.75 Å². The molecule has 3 aromatic carbocycles. The van der Waals surface area contributed by atoms with E-state index in [-0.39, 0.29) is 11.8 Å². The lowest BCUT2D eigenvalue weighted by Crippen LogP contribution is -2.25.